The summed E-state index contributed by atoms with van der Waals surface area (Å²) >= 11 is 5.69. The first-order valence-electron chi connectivity index (χ1n) is 4.31. The van der Waals surface area contributed by atoms with Gasteiger partial charge < -0.3 is 0 Å². The van der Waals surface area contributed by atoms with Gasteiger partial charge in [0, 0.05) is 18.3 Å². The predicted octanol–water partition coefficient (Wildman–Crippen LogP) is 2.01. The van der Waals surface area contributed by atoms with Crippen LogP contribution in [0, 0.1) is 0 Å². The van der Waals surface area contributed by atoms with Gasteiger partial charge in [-0.2, -0.15) is 5.10 Å². The van der Waals surface area contributed by atoms with Crippen molar-refractivity contribution in [2.75, 3.05) is 0 Å². The van der Waals surface area contributed by atoms with Gasteiger partial charge in [-0.15, -0.1) is 0 Å². The molecule has 0 aliphatic heterocycles. The molecule has 0 aromatic carbocycles. The van der Waals surface area contributed by atoms with Gasteiger partial charge in [-0.3, -0.25) is 0 Å². The van der Waals surface area contributed by atoms with Gasteiger partial charge in [0.2, 0.25) is 0 Å². The standard InChI is InChI=1S/C9H9ClN4/c1-2-14-9(12-6-13-14)7-3-4-8(10)11-5-7/h3-6H,2H2,1H3. The maximum absolute atomic E-state index is 5.69. The highest BCUT2D eigenvalue weighted by atomic mass is 35.5. The number of pyridine rings is 1. The highest BCUT2D eigenvalue weighted by Gasteiger charge is 2.05. The lowest BCUT2D eigenvalue weighted by Gasteiger charge is -2.01. The quantitative estimate of drug-likeness (QED) is 0.710. The first-order chi connectivity index (χ1) is 6.81. The number of halogens is 1. The second-order valence-corrected chi connectivity index (χ2v) is 3.16. The van der Waals surface area contributed by atoms with Gasteiger partial charge in [0.25, 0.3) is 0 Å². The Morgan fingerprint density at radius 1 is 1.36 bits per heavy atom. The minimum absolute atomic E-state index is 0.483. The Kier molecular flexibility index (Phi) is 2.45. The van der Waals surface area contributed by atoms with Crippen molar-refractivity contribution in [1.82, 2.24) is 19.7 Å². The molecule has 0 aliphatic carbocycles. The summed E-state index contributed by atoms with van der Waals surface area (Å²) in [6.07, 6.45) is 3.23. The van der Waals surface area contributed by atoms with Crippen LogP contribution in [0.3, 0.4) is 0 Å². The summed E-state index contributed by atoms with van der Waals surface area (Å²) < 4.78 is 1.81. The maximum Gasteiger partial charge on any atom is 0.159 e. The van der Waals surface area contributed by atoms with E-state index in [1.807, 2.05) is 17.7 Å². The van der Waals surface area contributed by atoms with Crippen LogP contribution in [0.25, 0.3) is 11.4 Å². The molecule has 0 bridgehead atoms. The molecule has 0 spiro atoms. The Bertz CT molecular complexity index is 421. The SMILES string of the molecule is CCn1ncnc1-c1ccc(Cl)nc1. The Hall–Kier alpha value is -1.42. The Balaban J connectivity index is 2.44. The van der Waals surface area contributed by atoms with Crippen molar-refractivity contribution in [2.45, 2.75) is 13.5 Å². The normalized spacial score (nSPS) is 10.4. The van der Waals surface area contributed by atoms with Crippen LogP contribution < -0.4 is 0 Å². The molecule has 0 N–H and O–H groups in total. The first-order valence-corrected chi connectivity index (χ1v) is 4.69. The first kappa shape index (κ1) is 9.15. The molecule has 0 aliphatic rings. The fraction of sp³-hybridized carbons (Fsp3) is 0.222. The van der Waals surface area contributed by atoms with Gasteiger partial charge in [-0.1, -0.05) is 11.6 Å². The zero-order chi connectivity index (χ0) is 9.97. The van der Waals surface area contributed by atoms with Gasteiger partial charge in [-0.25, -0.2) is 14.6 Å². The van der Waals surface area contributed by atoms with Crippen molar-refractivity contribution in [3.63, 3.8) is 0 Å². The smallest absolute Gasteiger partial charge is 0.159 e. The summed E-state index contributed by atoms with van der Waals surface area (Å²) in [6, 6.07) is 3.62. The Morgan fingerprint density at radius 2 is 2.21 bits per heavy atom. The van der Waals surface area contributed by atoms with Crippen LogP contribution in [0.1, 0.15) is 6.92 Å². The fourth-order valence-corrected chi connectivity index (χ4v) is 1.34. The lowest BCUT2D eigenvalue weighted by atomic mass is 10.3. The zero-order valence-electron chi connectivity index (χ0n) is 7.68. The molecular weight excluding hydrogens is 200 g/mol. The van der Waals surface area contributed by atoms with E-state index in [0.29, 0.717) is 5.15 Å². The van der Waals surface area contributed by atoms with E-state index < -0.39 is 0 Å². The summed E-state index contributed by atoms with van der Waals surface area (Å²) in [5.74, 6) is 0.816. The van der Waals surface area contributed by atoms with Gasteiger partial charge in [0.15, 0.2) is 5.82 Å². The second kappa shape index (κ2) is 3.75. The molecule has 0 atom stereocenters. The highest BCUT2D eigenvalue weighted by Crippen LogP contribution is 2.16. The van der Waals surface area contributed by atoms with Crippen LogP contribution in [-0.4, -0.2) is 19.7 Å². The summed E-state index contributed by atoms with van der Waals surface area (Å²) in [5.41, 5.74) is 0.925. The molecule has 5 heteroatoms. The molecule has 0 amide bonds. The molecule has 2 aromatic heterocycles. The van der Waals surface area contributed by atoms with E-state index in [-0.39, 0.29) is 0 Å². The molecule has 0 radical (unpaired) electrons. The topological polar surface area (TPSA) is 43.6 Å². The lowest BCUT2D eigenvalue weighted by molar-refractivity contribution is 0.665. The fourth-order valence-electron chi connectivity index (χ4n) is 1.23. The number of aromatic nitrogens is 4. The predicted molar refractivity (Wildman–Crippen MR) is 53.9 cm³/mol. The average Bonchev–Trinajstić information content (AvgIpc) is 2.67. The second-order valence-electron chi connectivity index (χ2n) is 2.77. The third-order valence-corrected chi connectivity index (χ3v) is 2.12. The maximum atomic E-state index is 5.69. The van der Waals surface area contributed by atoms with Crippen molar-refractivity contribution >= 4 is 11.6 Å². The van der Waals surface area contributed by atoms with Crippen molar-refractivity contribution in [1.29, 1.82) is 0 Å². The molecule has 14 heavy (non-hydrogen) atoms. The van der Waals surface area contributed by atoms with Crippen molar-refractivity contribution in [2.24, 2.45) is 0 Å². The Morgan fingerprint density at radius 3 is 2.86 bits per heavy atom. The van der Waals surface area contributed by atoms with E-state index in [9.17, 15) is 0 Å². The monoisotopic (exact) mass is 208 g/mol. The number of hydrogen-bond donors (Lipinski definition) is 0. The number of rotatable bonds is 2. The number of hydrogen-bond acceptors (Lipinski definition) is 3. The van der Waals surface area contributed by atoms with Crippen LogP contribution in [0.15, 0.2) is 24.7 Å². The van der Waals surface area contributed by atoms with Crippen molar-refractivity contribution in [3.05, 3.63) is 29.8 Å². The molecule has 0 unspecified atom stereocenters. The molecule has 0 saturated carbocycles. The van der Waals surface area contributed by atoms with Crippen molar-refractivity contribution < 1.29 is 0 Å². The number of nitrogens with zero attached hydrogens (tertiary/aromatic N) is 4. The molecule has 4 nitrogen and oxygen atoms in total. The van der Waals surface area contributed by atoms with Crippen LogP contribution in [0.5, 0.6) is 0 Å². The number of aryl methyl sites for hydroxylation is 1. The van der Waals surface area contributed by atoms with E-state index in [1.54, 1.807) is 12.3 Å². The summed E-state index contributed by atoms with van der Waals surface area (Å²) in [5, 5.41) is 4.56. The molecule has 2 heterocycles. The third kappa shape index (κ3) is 1.61. The van der Waals surface area contributed by atoms with Gasteiger partial charge in [-0.05, 0) is 19.1 Å². The van der Waals surface area contributed by atoms with E-state index in [2.05, 4.69) is 15.1 Å². The van der Waals surface area contributed by atoms with Gasteiger partial charge >= 0.3 is 0 Å². The van der Waals surface area contributed by atoms with Crippen LogP contribution >= 0.6 is 11.6 Å². The molecular formula is C9H9ClN4. The van der Waals surface area contributed by atoms with Gasteiger partial charge in [0.1, 0.15) is 11.5 Å². The van der Waals surface area contributed by atoms with E-state index in [1.165, 1.54) is 6.33 Å². The largest absolute Gasteiger partial charge is 0.246 e. The van der Waals surface area contributed by atoms with E-state index in [4.69, 9.17) is 11.6 Å². The van der Waals surface area contributed by atoms with Crippen LogP contribution in [0.2, 0.25) is 5.15 Å². The highest BCUT2D eigenvalue weighted by molar-refractivity contribution is 6.29. The Labute approximate surface area is 86.6 Å². The minimum Gasteiger partial charge on any atom is -0.246 e. The average molecular weight is 209 g/mol. The summed E-state index contributed by atoms with van der Waals surface area (Å²) in [7, 11) is 0. The molecule has 0 fully saturated rings. The van der Waals surface area contributed by atoms with Crippen LogP contribution in [0.4, 0.5) is 0 Å². The third-order valence-electron chi connectivity index (χ3n) is 1.90. The molecule has 2 aromatic rings. The molecule has 0 saturated heterocycles. The van der Waals surface area contributed by atoms with Crippen molar-refractivity contribution in [3.8, 4) is 11.4 Å². The minimum atomic E-state index is 0.483. The van der Waals surface area contributed by atoms with Crippen LogP contribution in [-0.2, 0) is 6.54 Å². The summed E-state index contributed by atoms with van der Waals surface area (Å²) in [4.78, 5) is 8.15. The summed E-state index contributed by atoms with van der Waals surface area (Å²) in [6.45, 7) is 2.81. The van der Waals surface area contributed by atoms with E-state index >= 15 is 0 Å². The lowest BCUT2D eigenvalue weighted by Crippen LogP contribution is -1.99. The van der Waals surface area contributed by atoms with E-state index in [0.717, 1.165) is 17.9 Å². The molecule has 2 rings (SSSR count). The molecule has 72 valence electrons. The van der Waals surface area contributed by atoms with Gasteiger partial charge in [0.05, 0.1) is 0 Å². The zero-order valence-corrected chi connectivity index (χ0v) is 8.44.